The molecule has 1 aromatic rings. The standard InChI is InChI=1S/C19H25N3OS/c1-4-6-16(5-2)13-21(3)24-18-9-7-17(8-10-18)14-22-12-11-20-19(23)15-22/h4-10H,1-2,11-15H2,3H3,(H,20,23)/b16-6+. The van der Waals surface area contributed by atoms with Gasteiger partial charge in [0.05, 0.1) is 6.54 Å². The Labute approximate surface area is 149 Å². The van der Waals surface area contributed by atoms with E-state index in [1.54, 1.807) is 18.0 Å². The fourth-order valence-electron chi connectivity index (χ4n) is 2.55. The predicted molar refractivity (Wildman–Crippen MR) is 102 cm³/mol. The fourth-order valence-corrected chi connectivity index (χ4v) is 3.38. The average molecular weight is 343 g/mol. The Hall–Kier alpha value is -1.82. The molecular weight excluding hydrogens is 318 g/mol. The summed E-state index contributed by atoms with van der Waals surface area (Å²) < 4.78 is 2.17. The van der Waals surface area contributed by atoms with Gasteiger partial charge in [-0.2, -0.15) is 0 Å². The minimum atomic E-state index is 0.112. The molecule has 0 atom stereocenters. The Balaban J connectivity index is 1.87. The SMILES string of the molecule is C=C/C=C(\C=C)CN(C)Sc1ccc(CN2CCNC(=O)C2)cc1. The second-order valence-electron chi connectivity index (χ2n) is 5.76. The first-order chi connectivity index (χ1) is 11.6. The Morgan fingerprint density at radius 3 is 2.75 bits per heavy atom. The topological polar surface area (TPSA) is 35.6 Å². The van der Waals surface area contributed by atoms with E-state index in [0.717, 1.165) is 31.8 Å². The molecule has 0 bridgehead atoms. The lowest BCUT2D eigenvalue weighted by Gasteiger charge is -2.26. The van der Waals surface area contributed by atoms with Crippen LogP contribution in [0.25, 0.3) is 0 Å². The first kappa shape index (κ1) is 18.5. The van der Waals surface area contributed by atoms with Crippen molar-refractivity contribution >= 4 is 17.9 Å². The van der Waals surface area contributed by atoms with Crippen LogP contribution in [0.2, 0.25) is 0 Å². The van der Waals surface area contributed by atoms with Crippen LogP contribution in [0.5, 0.6) is 0 Å². The summed E-state index contributed by atoms with van der Waals surface area (Å²) in [5.74, 6) is 0.112. The molecule has 24 heavy (non-hydrogen) atoms. The molecule has 1 N–H and O–H groups in total. The number of hydrogen-bond acceptors (Lipinski definition) is 4. The summed E-state index contributed by atoms with van der Waals surface area (Å²) in [6.45, 7) is 11.3. The highest BCUT2D eigenvalue weighted by Gasteiger charge is 2.15. The molecule has 0 aliphatic carbocycles. The van der Waals surface area contributed by atoms with E-state index >= 15 is 0 Å². The molecule has 4 nitrogen and oxygen atoms in total. The van der Waals surface area contributed by atoms with Gasteiger partial charge in [-0.05, 0) is 42.3 Å². The van der Waals surface area contributed by atoms with Crippen molar-refractivity contribution in [3.05, 3.63) is 66.8 Å². The maximum Gasteiger partial charge on any atom is 0.234 e. The van der Waals surface area contributed by atoms with Crippen LogP contribution >= 0.6 is 11.9 Å². The minimum absolute atomic E-state index is 0.112. The number of amides is 1. The highest BCUT2D eigenvalue weighted by atomic mass is 32.2. The van der Waals surface area contributed by atoms with Crippen molar-refractivity contribution in [1.82, 2.24) is 14.5 Å². The molecule has 1 heterocycles. The molecule has 1 saturated heterocycles. The lowest BCUT2D eigenvalue weighted by Crippen LogP contribution is -2.47. The molecule has 1 aliphatic rings. The van der Waals surface area contributed by atoms with Gasteiger partial charge in [0.25, 0.3) is 0 Å². The number of nitrogens with zero attached hydrogens (tertiary/aromatic N) is 2. The van der Waals surface area contributed by atoms with E-state index in [0.29, 0.717) is 6.54 Å². The van der Waals surface area contributed by atoms with Gasteiger partial charge in [0.2, 0.25) is 5.91 Å². The molecule has 0 saturated carbocycles. The third-order valence-corrected chi connectivity index (χ3v) is 4.63. The van der Waals surface area contributed by atoms with Crippen molar-refractivity contribution in [2.24, 2.45) is 0 Å². The minimum Gasteiger partial charge on any atom is -0.354 e. The summed E-state index contributed by atoms with van der Waals surface area (Å²) in [7, 11) is 2.06. The van der Waals surface area contributed by atoms with Gasteiger partial charge in [-0.25, -0.2) is 4.31 Å². The molecule has 128 valence electrons. The van der Waals surface area contributed by atoms with E-state index < -0.39 is 0 Å². The molecule has 1 aromatic carbocycles. The Bertz CT molecular complexity index is 610. The molecule has 0 radical (unpaired) electrons. The van der Waals surface area contributed by atoms with Gasteiger partial charge in [-0.15, -0.1) is 0 Å². The number of piperazine rings is 1. The van der Waals surface area contributed by atoms with Gasteiger partial charge in [0.15, 0.2) is 0 Å². The highest BCUT2D eigenvalue weighted by Crippen LogP contribution is 2.23. The van der Waals surface area contributed by atoms with Crippen LogP contribution in [0.4, 0.5) is 0 Å². The fraction of sp³-hybridized carbons (Fsp3) is 0.316. The van der Waals surface area contributed by atoms with Gasteiger partial charge >= 0.3 is 0 Å². The maximum atomic E-state index is 11.4. The van der Waals surface area contributed by atoms with E-state index in [4.69, 9.17) is 0 Å². The van der Waals surface area contributed by atoms with Crippen molar-refractivity contribution in [2.45, 2.75) is 11.4 Å². The zero-order chi connectivity index (χ0) is 17.4. The Morgan fingerprint density at radius 2 is 2.12 bits per heavy atom. The number of rotatable bonds is 8. The van der Waals surface area contributed by atoms with E-state index in [9.17, 15) is 4.79 Å². The highest BCUT2D eigenvalue weighted by molar-refractivity contribution is 7.97. The number of carbonyl (C=O) groups is 1. The quantitative estimate of drug-likeness (QED) is 0.582. The Kier molecular flexibility index (Phi) is 7.31. The smallest absolute Gasteiger partial charge is 0.234 e. The zero-order valence-corrected chi connectivity index (χ0v) is 15.0. The zero-order valence-electron chi connectivity index (χ0n) is 14.2. The van der Waals surface area contributed by atoms with Gasteiger partial charge in [0, 0.05) is 31.1 Å². The van der Waals surface area contributed by atoms with Gasteiger partial charge in [-0.3, -0.25) is 9.69 Å². The first-order valence-electron chi connectivity index (χ1n) is 8.02. The summed E-state index contributed by atoms with van der Waals surface area (Å²) >= 11 is 1.70. The summed E-state index contributed by atoms with van der Waals surface area (Å²) in [4.78, 5) is 14.8. The average Bonchev–Trinajstić information content (AvgIpc) is 2.56. The summed E-state index contributed by atoms with van der Waals surface area (Å²) in [6, 6.07) is 8.53. The second-order valence-corrected chi connectivity index (χ2v) is 7.04. The van der Waals surface area contributed by atoms with Crippen LogP contribution in [0.3, 0.4) is 0 Å². The van der Waals surface area contributed by atoms with Gasteiger partial charge in [0.1, 0.15) is 0 Å². The molecule has 0 spiro atoms. The molecule has 1 fully saturated rings. The third-order valence-electron chi connectivity index (χ3n) is 3.71. The summed E-state index contributed by atoms with van der Waals surface area (Å²) in [5.41, 5.74) is 2.37. The summed E-state index contributed by atoms with van der Waals surface area (Å²) in [5, 5.41) is 2.85. The van der Waals surface area contributed by atoms with E-state index in [2.05, 4.69) is 59.0 Å². The lowest BCUT2D eigenvalue weighted by atomic mass is 10.2. The molecule has 5 heteroatoms. The van der Waals surface area contributed by atoms with Crippen molar-refractivity contribution in [2.75, 3.05) is 33.2 Å². The van der Waals surface area contributed by atoms with E-state index in [1.165, 1.54) is 10.5 Å². The lowest BCUT2D eigenvalue weighted by molar-refractivity contribution is -0.124. The van der Waals surface area contributed by atoms with Gasteiger partial charge in [-0.1, -0.05) is 43.5 Å². The van der Waals surface area contributed by atoms with Crippen molar-refractivity contribution in [1.29, 1.82) is 0 Å². The molecule has 0 unspecified atom stereocenters. The monoisotopic (exact) mass is 343 g/mol. The number of nitrogens with one attached hydrogen (secondary N) is 1. The van der Waals surface area contributed by atoms with E-state index in [-0.39, 0.29) is 5.91 Å². The molecule has 1 amide bonds. The number of hydrogen-bond donors (Lipinski definition) is 1. The second kappa shape index (κ2) is 9.47. The number of likely N-dealkylation sites (N-methyl/N-ethyl adjacent to an activating group) is 1. The van der Waals surface area contributed by atoms with Crippen molar-refractivity contribution in [3.8, 4) is 0 Å². The van der Waals surface area contributed by atoms with Crippen LogP contribution in [-0.4, -0.2) is 48.3 Å². The maximum absolute atomic E-state index is 11.4. The summed E-state index contributed by atoms with van der Waals surface area (Å²) in [6.07, 6.45) is 5.61. The largest absolute Gasteiger partial charge is 0.354 e. The van der Waals surface area contributed by atoms with Crippen LogP contribution in [0.1, 0.15) is 5.56 Å². The van der Waals surface area contributed by atoms with Crippen LogP contribution in [0.15, 0.2) is 66.1 Å². The number of benzene rings is 1. The van der Waals surface area contributed by atoms with Crippen molar-refractivity contribution < 1.29 is 4.79 Å². The molecule has 0 aromatic heterocycles. The van der Waals surface area contributed by atoms with Gasteiger partial charge < -0.3 is 5.32 Å². The van der Waals surface area contributed by atoms with Crippen LogP contribution in [0, 0.1) is 0 Å². The third kappa shape index (κ3) is 6.00. The predicted octanol–water partition coefficient (Wildman–Crippen LogP) is 2.86. The normalized spacial score (nSPS) is 16.1. The Morgan fingerprint density at radius 1 is 1.38 bits per heavy atom. The van der Waals surface area contributed by atoms with E-state index in [1.807, 2.05) is 12.2 Å². The molecular formula is C19H25N3OS. The van der Waals surface area contributed by atoms with Crippen molar-refractivity contribution in [3.63, 3.8) is 0 Å². The number of allylic oxidation sites excluding steroid dienone is 2. The number of carbonyl (C=O) groups excluding carboxylic acids is 1. The first-order valence-corrected chi connectivity index (χ1v) is 8.79. The molecule has 1 aliphatic heterocycles. The van der Waals surface area contributed by atoms with Crippen LogP contribution < -0.4 is 5.32 Å². The molecule has 2 rings (SSSR count). The van der Waals surface area contributed by atoms with Crippen LogP contribution in [-0.2, 0) is 11.3 Å².